The molecule has 0 fully saturated rings. The number of benzene rings is 2. The van der Waals surface area contributed by atoms with Gasteiger partial charge in [0.2, 0.25) is 0 Å². The molecule has 0 spiro atoms. The van der Waals surface area contributed by atoms with E-state index >= 15 is 0 Å². The molecule has 35 heavy (non-hydrogen) atoms. The van der Waals surface area contributed by atoms with Crippen molar-refractivity contribution in [3.63, 3.8) is 0 Å². The maximum atomic E-state index is 12.9. The van der Waals surface area contributed by atoms with Crippen LogP contribution in [0.5, 0.6) is 5.75 Å². The van der Waals surface area contributed by atoms with E-state index in [0.717, 1.165) is 28.3 Å². The van der Waals surface area contributed by atoms with E-state index in [0.29, 0.717) is 29.2 Å². The number of carbonyl (C=O) groups is 1. The molecule has 0 aliphatic heterocycles. The summed E-state index contributed by atoms with van der Waals surface area (Å²) in [6.45, 7) is 12.3. The molecule has 2 aromatic carbocycles. The number of ether oxygens (including phenoxy) is 1. The molecule has 3 N–H and O–H groups in total. The molecule has 1 amide bonds. The summed E-state index contributed by atoms with van der Waals surface area (Å²) in [4.78, 5) is 21.1. The summed E-state index contributed by atoms with van der Waals surface area (Å²) < 4.78 is 5.64. The molecule has 1 atom stereocenters. The van der Waals surface area contributed by atoms with Gasteiger partial charge in [-0.25, -0.2) is 4.98 Å². The van der Waals surface area contributed by atoms with Crippen LogP contribution in [0, 0.1) is 6.92 Å². The molecule has 0 aliphatic carbocycles. The predicted molar refractivity (Wildman–Crippen MR) is 141 cm³/mol. The Balaban J connectivity index is 1.69. The van der Waals surface area contributed by atoms with E-state index in [-0.39, 0.29) is 30.1 Å². The number of nitrogens with zero attached hydrogens (tertiary/aromatic N) is 1. The van der Waals surface area contributed by atoms with Gasteiger partial charge in [-0.1, -0.05) is 56.6 Å². The zero-order valence-corrected chi connectivity index (χ0v) is 22.2. The minimum atomic E-state index is -0.237. The van der Waals surface area contributed by atoms with E-state index in [1.165, 1.54) is 0 Å². The van der Waals surface area contributed by atoms with Crippen molar-refractivity contribution in [3.05, 3.63) is 70.0 Å². The largest absolute Gasteiger partial charge is 0.489 e. The third-order valence-corrected chi connectivity index (χ3v) is 5.97. The van der Waals surface area contributed by atoms with E-state index in [2.05, 4.69) is 31.1 Å². The topological polar surface area (TPSA) is 87.2 Å². The number of amides is 1. The first kappa shape index (κ1) is 26.8. The number of aliphatic hydroxyl groups excluding tert-OH is 1. The van der Waals surface area contributed by atoms with Crippen LogP contribution in [0.25, 0.3) is 11.4 Å². The van der Waals surface area contributed by atoms with Crippen molar-refractivity contribution in [2.45, 2.75) is 71.9 Å². The highest BCUT2D eigenvalue weighted by atomic mass is 35.5. The number of imidazole rings is 1. The number of aromatic amines is 1. The van der Waals surface area contributed by atoms with Crippen LogP contribution >= 0.6 is 11.6 Å². The van der Waals surface area contributed by atoms with E-state index in [9.17, 15) is 9.90 Å². The Hall–Kier alpha value is -2.83. The number of H-pyrrole nitrogens is 1. The van der Waals surface area contributed by atoms with E-state index < -0.39 is 0 Å². The summed E-state index contributed by atoms with van der Waals surface area (Å²) >= 11 is 6.29. The number of aryl methyl sites for hydroxylation is 1. The molecule has 1 unspecified atom stereocenters. The second-order valence-electron chi connectivity index (χ2n) is 10.2. The average molecular weight is 498 g/mol. The van der Waals surface area contributed by atoms with Gasteiger partial charge in [-0.3, -0.25) is 4.79 Å². The number of aliphatic hydroxyl groups is 1. The van der Waals surface area contributed by atoms with Gasteiger partial charge in [0.25, 0.3) is 5.91 Å². The number of rotatable bonds is 9. The third kappa shape index (κ3) is 7.09. The van der Waals surface area contributed by atoms with E-state index in [4.69, 9.17) is 21.3 Å². The van der Waals surface area contributed by atoms with Crippen molar-refractivity contribution in [2.24, 2.45) is 0 Å². The summed E-state index contributed by atoms with van der Waals surface area (Å²) in [6.07, 6.45) is 1.03. The fourth-order valence-corrected chi connectivity index (χ4v) is 4.28. The Labute approximate surface area is 213 Å². The second-order valence-corrected chi connectivity index (χ2v) is 10.6. The first-order valence-corrected chi connectivity index (χ1v) is 12.4. The molecule has 188 valence electrons. The van der Waals surface area contributed by atoms with Crippen molar-refractivity contribution in [2.75, 3.05) is 6.61 Å². The van der Waals surface area contributed by atoms with Crippen molar-refractivity contribution >= 4 is 17.5 Å². The summed E-state index contributed by atoms with van der Waals surface area (Å²) in [5.74, 6) is 1.16. The maximum absolute atomic E-state index is 12.9. The second kappa shape index (κ2) is 11.3. The van der Waals surface area contributed by atoms with Crippen molar-refractivity contribution in [3.8, 4) is 17.1 Å². The van der Waals surface area contributed by atoms with Crippen LogP contribution in [0.15, 0.2) is 42.5 Å². The van der Waals surface area contributed by atoms with Gasteiger partial charge in [-0.15, -0.1) is 0 Å². The Bertz CT molecular complexity index is 1150. The average Bonchev–Trinajstić information content (AvgIpc) is 3.17. The van der Waals surface area contributed by atoms with Crippen molar-refractivity contribution < 1.29 is 14.6 Å². The molecular formula is C28H36ClN3O3. The lowest BCUT2D eigenvalue weighted by atomic mass is 9.91. The zero-order chi connectivity index (χ0) is 25.8. The minimum Gasteiger partial charge on any atom is -0.489 e. The molecule has 3 rings (SSSR count). The van der Waals surface area contributed by atoms with Gasteiger partial charge in [0.15, 0.2) is 0 Å². The Morgan fingerprint density at radius 1 is 1.17 bits per heavy atom. The predicted octanol–water partition coefficient (Wildman–Crippen LogP) is 5.85. The van der Waals surface area contributed by atoms with Gasteiger partial charge in [-0.05, 0) is 57.4 Å². The third-order valence-electron chi connectivity index (χ3n) is 5.67. The highest BCUT2D eigenvalue weighted by Crippen LogP contribution is 2.28. The summed E-state index contributed by atoms with van der Waals surface area (Å²) in [7, 11) is 0. The smallest absolute Gasteiger partial charge is 0.251 e. The Morgan fingerprint density at radius 3 is 2.40 bits per heavy atom. The molecule has 0 saturated carbocycles. The van der Waals surface area contributed by atoms with Gasteiger partial charge in [0.1, 0.15) is 11.6 Å². The fourth-order valence-electron chi connectivity index (χ4n) is 4.05. The molecule has 0 radical (unpaired) electrons. The maximum Gasteiger partial charge on any atom is 0.251 e. The SMILES string of the molecule is Cc1[nH]c(-c2ccc(CC(CCO)NC(=O)c3ccc(OC(C)C)c(Cl)c3)cc2)nc1C(C)(C)C. The number of halogens is 1. The standard InChI is InChI=1S/C28H36ClN3O3/c1-17(2)35-24-12-11-21(16-23(24)29)27(34)31-22(13-14-33)15-19-7-9-20(10-8-19)26-30-18(3)25(32-26)28(4,5)6/h7-12,16-17,22,33H,13-15H2,1-6H3,(H,30,32)(H,31,34). The number of hydrogen-bond donors (Lipinski definition) is 3. The molecule has 1 heterocycles. The van der Waals surface area contributed by atoms with Gasteiger partial charge in [0, 0.05) is 34.9 Å². The zero-order valence-electron chi connectivity index (χ0n) is 21.4. The molecule has 0 bridgehead atoms. The molecule has 1 aromatic heterocycles. The molecule has 7 heteroatoms. The normalized spacial score (nSPS) is 12.6. The van der Waals surface area contributed by atoms with E-state index in [1.54, 1.807) is 18.2 Å². The lowest BCUT2D eigenvalue weighted by Gasteiger charge is -2.19. The Morgan fingerprint density at radius 2 is 1.86 bits per heavy atom. The number of aromatic nitrogens is 2. The van der Waals surface area contributed by atoms with Crippen molar-refractivity contribution in [1.82, 2.24) is 15.3 Å². The highest BCUT2D eigenvalue weighted by Gasteiger charge is 2.21. The lowest BCUT2D eigenvalue weighted by molar-refractivity contribution is 0.0930. The summed E-state index contributed by atoms with van der Waals surface area (Å²) in [6, 6.07) is 12.9. The number of carbonyl (C=O) groups excluding carboxylic acids is 1. The van der Waals surface area contributed by atoms with Crippen LogP contribution in [0.2, 0.25) is 5.02 Å². The molecule has 0 saturated heterocycles. The number of hydrogen-bond acceptors (Lipinski definition) is 4. The van der Waals surface area contributed by atoms with Crippen LogP contribution in [-0.4, -0.2) is 39.7 Å². The minimum absolute atomic E-state index is 0.00940. The van der Waals surface area contributed by atoms with Crippen LogP contribution in [0.4, 0.5) is 0 Å². The highest BCUT2D eigenvalue weighted by molar-refractivity contribution is 6.32. The van der Waals surface area contributed by atoms with Gasteiger partial charge >= 0.3 is 0 Å². The van der Waals surface area contributed by atoms with Crippen LogP contribution in [-0.2, 0) is 11.8 Å². The lowest BCUT2D eigenvalue weighted by Crippen LogP contribution is -2.37. The van der Waals surface area contributed by atoms with Crippen LogP contribution < -0.4 is 10.1 Å². The van der Waals surface area contributed by atoms with Gasteiger partial charge in [-0.2, -0.15) is 0 Å². The fraction of sp³-hybridized carbons (Fsp3) is 0.429. The molecule has 3 aromatic rings. The first-order chi connectivity index (χ1) is 16.5. The number of nitrogens with one attached hydrogen (secondary N) is 2. The monoisotopic (exact) mass is 497 g/mol. The quantitative estimate of drug-likeness (QED) is 0.346. The summed E-state index contributed by atoms with van der Waals surface area (Å²) in [5, 5.41) is 13.0. The first-order valence-electron chi connectivity index (χ1n) is 12.0. The van der Waals surface area contributed by atoms with Crippen LogP contribution in [0.3, 0.4) is 0 Å². The van der Waals surface area contributed by atoms with Gasteiger partial charge < -0.3 is 20.1 Å². The Kier molecular flexibility index (Phi) is 8.62. The molecular weight excluding hydrogens is 462 g/mol. The van der Waals surface area contributed by atoms with Gasteiger partial charge in [0.05, 0.1) is 16.8 Å². The molecule has 0 aliphatic rings. The van der Waals surface area contributed by atoms with Crippen molar-refractivity contribution in [1.29, 1.82) is 0 Å². The molecule has 6 nitrogen and oxygen atoms in total. The summed E-state index contributed by atoms with van der Waals surface area (Å²) in [5.41, 5.74) is 4.63. The van der Waals surface area contributed by atoms with E-state index in [1.807, 2.05) is 45.0 Å². The van der Waals surface area contributed by atoms with Crippen LogP contribution in [0.1, 0.15) is 68.3 Å².